The Kier molecular flexibility index (Phi) is 7.57. The van der Waals surface area contributed by atoms with Gasteiger partial charge in [-0.1, -0.05) is 0 Å². The Morgan fingerprint density at radius 1 is 1.10 bits per heavy atom. The number of nitrogen functional groups attached to an aromatic ring is 1. The number of pyridine rings is 3. The van der Waals surface area contributed by atoms with E-state index in [0.717, 1.165) is 56.1 Å². The molecule has 2 aliphatic heterocycles. The molecule has 0 unspecified atom stereocenters. The maximum Gasteiger partial charge on any atom is 0.213 e. The molecule has 0 saturated carbocycles. The highest BCUT2D eigenvalue weighted by Gasteiger charge is 2.28. The zero-order chi connectivity index (χ0) is 28.5. The second-order valence-electron chi connectivity index (χ2n) is 11.0. The average molecular weight is 561 g/mol. The van der Waals surface area contributed by atoms with Gasteiger partial charge in [0, 0.05) is 73.7 Å². The monoisotopic (exact) mass is 560 g/mol. The number of hydrogen-bond donors (Lipinski definition) is 1. The van der Waals surface area contributed by atoms with Gasteiger partial charge < -0.3 is 19.9 Å². The van der Waals surface area contributed by atoms with Crippen LogP contribution < -0.4 is 20.8 Å². The van der Waals surface area contributed by atoms with Gasteiger partial charge in [0.2, 0.25) is 5.88 Å². The summed E-state index contributed by atoms with van der Waals surface area (Å²) in [7, 11) is 1.59. The molecule has 41 heavy (non-hydrogen) atoms. The van der Waals surface area contributed by atoms with Gasteiger partial charge in [0.05, 0.1) is 24.5 Å². The number of piperidine rings is 1. The molecule has 1 aromatic carbocycles. The van der Waals surface area contributed by atoms with Crippen molar-refractivity contribution in [3.8, 4) is 5.88 Å². The van der Waals surface area contributed by atoms with Crippen molar-refractivity contribution >= 4 is 22.4 Å². The summed E-state index contributed by atoms with van der Waals surface area (Å²) in [5.74, 6) is -0.798. The van der Waals surface area contributed by atoms with Crippen molar-refractivity contribution < 1.29 is 13.5 Å². The fraction of sp³-hybridized carbons (Fsp3) is 0.387. The lowest BCUT2D eigenvalue weighted by atomic mass is 10.0. The third-order valence-corrected chi connectivity index (χ3v) is 8.31. The van der Waals surface area contributed by atoms with E-state index in [2.05, 4.69) is 19.8 Å². The minimum absolute atomic E-state index is 0.125. The largest absolute Gasteiger partial charge is 0.481 e. The first-order valence-corrected chi connectivity index (χ1v) is 14.1. The number of nitrogens with two attached hydrogens (primary N) is 1. The van der Waals surface area contributed by atoms with Crippen molar-refractivity contribution in [2.75, 3.05) is 30.8 Å². The van der Waals surface area contributed by atoms with Gasteiger partial charge in [0.1, 0.15) is 5.82 Å². The van der Waals surface area contributed by atoms with E-state index in [1.807, 2.05) is 29.0 Å². The molecule has 214 valence electrons. The first-order chi connectivity index (χ1) is 19.9. The van der Waals surface area contributed by atoms with Crippen LogP contribution in [0.25, 0.3) is 10.9 Å². The summed E-state index contributed by atoms with van der Waals surface area (Å²) in [4.78, 5) is 27.0. The fourth-order valence-electron chi connectivity index (χ4n) is 6.26. The Hall–Kier alpha value is -4.05. The molecule has 3 aromatic heterocycles. The van der Waals surface area contributed by atoms with Crippen molar-refractivity contribution in [2.24, 2.45) is 0 Å². The van der Waals surface area contributed by atoms with E-state index in [4.69, 9.17) is 10.5 Å². The summed E-state index contributed by atoms with van der Waals surface area (Å²) < 4.78 is 36.8. The maximum atomic E-state index is 14.8. The van der Waals surface area contributed by atoms with Crippen LogP contribution in [0.2, 0.25) is 0 Å². The summed E-state index contributed by atoms with van der Waals surface area (Å²) in [6.45, 7) is 3.24. The lowest BCUT2D eigenvalue weighted by Crippen LogP contribution is -2.48. The first kappa shape index (κ1) is 27.1. The third kappa shape index (κ3) is 5.48. The van der Waals surface area contributed by atoms with Gasteiger partial charge in [-0.25, -0.2) is 18.7 Å². The summed E-state index contributed by atoms with van der Waals surface area (Å²) in [5.41, 5.74) is 9.00. The minimum atomic E-state index is -0.962. The third-order valence-electron chi connectivity index (χ3n) is 8.31. The normalized spacial score (nSPS) is 17.2. The minimum Gasteiger partial charge on any atom is -0.481 e. The molecular weight excluding hydrogens is 526 g/mol. The predicted octanol–water partition coefficient (Wildman–Crippen LogP) is 4.67. The number of nitrogens with zero attached hydrogens (tertiary/aromatic N) is 5. The molecular formula is C31H34F2N6O2. The summed E-state index contributed by atoms with van der Waals surface area (Å²) in [6.07, 6.45) is 9.30. The van der Waals surface area contributed by atoms with Crippen LogP contribution in [0.1, 0.15) is 42.4 Å². The molecule has 0 bridgehead atoms. The highest BCUT2D eigenvalue weighted by Crippen LogP contribution is 2.29. The molecule has 4 aromatic rings. The Morgan fingerprint density at radius 3 is 2.78 bits per heavy atom. The van der Waals surface area contributed by atoms with Crippen molar-refractivity contribution in [3.05, 3.63) is 87.5 Å². The van der Waals surface area contributed by atoms with Crippen molar-refractivity contribution in [2.45, 2.75) is 57.8 Å². The van der Waals surface area contributed by atoms with Crippen molar-refractivity contribution in [1.82, 2.24) is 19.4 Å². The van der Waals surface area contributed by atoms with Gasteiger partial charge in [-0.2, -0.15) is 0 Å². The Bertz CT molecular complexity index is 1620. The van der Waals surface area contributed by atoms with Crippen LogP contribution in [0.15, 0.2) is 53.7 Å². The lowest BCUT2D eigenvalue weighted by molar-refractivity contribution is 0.158. The molecule has 0 radical (unpaired) electrons. The smallest absolute Gasteiger partial charge is 0.213 e. The number of aryl methyl sites for hydroxylation is 2. The zero-order valence-electron chi connectivity index (χ0n) is 23.2. The number of halogens is 2. The SMILES string of the molecule is COc1cc(CN(Cc2cn3c4c(c(F)c(F)cc4c2=O)CCCC3)[C@H]2CCCN(c3ccc(N)nc3)C2)ccn1. The van der Waals surface area contributed by atoms with E-state index in [0.29, 0.717) is 54.4 Å². The van der Waals surface area contributed by atoms with Crippen LogP contribution in [0.4, 0.5) is 20.3 Å². The highest BCUT2D eigenvalue weighted by atomic mass is 19.2. The molecule has 2 aliphatic rings. The standard InChI is InChI=1S/C31H34F2N6O2/c1-41-28-13-20(9-10-35-28)16-39(23-5-4-12-37(19-23)22-7-8-27(34)36-15-22)18-21-17-38-11-3-2-6-24-29(33)26(32)14-25(30(24)38)31(21)40/h7-10,13-15,17,23H,2-6,11-12,16,18-19H2,1H3,(H2,34,36)/t23-/m0/s1. The van der Waals surface area contributed by atoms with Crippen LogP contribution in [0, 0.1) is 11.6 Å². The van der Waals surface area contributed by atoms with Gasteiger partial charge in [0.25, 0.3) is 0 Å². The highest BCUT2D eigenvalue weighted by molar-refractivity contribution is 5.83. The van der Waals surface area contributed by atoms with E-state index in [1.165, 1.54) is 0 Å². The summed E-state index contributed by atoms with van der Waals surface area (Å²) >= 11 is 0. The molecule has 8 nitrogen and oxygen atoms in total. The van der Waals surface area contributed by atoms with Crippen LogP contribution >= 0.6 is 0 Å². The molecule has 1 saturated heterocycles. The van der Waals surface area contributed by atoms with Crippen LogP contribution in [0.3, 0.4) is 0 Å². The molecule has 1 fully saturated rings. The number of rotatable bonds is 7. The van der Waals surface area contributed by atoms with Gasteiger partial charge in [-0.05, 0) is 61.9 Å². The van der Waals surface area contributed by atoms with Crippen LogP contribution in [-0.2, 0) is 26.1 Å². The lowest BCUT2D eigenvalue weighted by Gasteiger charge is -2.40. The fourth-order valence-corrected chi connectivity index (χ4v) is 6.26. The topological polar surface area (TPSA) is 89.5 Å². The number of methoxy groups -OCH3 is 1. The van der Waals surface area contributed by atoms with Crippen LogP contribution in [0.5, 0.6) is 5.88 Å². The number of hydrogen-bond acceptors (Lipinski definition) is 7. The van der Waals surface area contributed by atoms with E-state index in [1.54, 1.807) is 25.6 Å². The maximum absolute atomic E-state index is 14.8. The van der Waals surface area contributed by atoms with E-state index < -0.39 is 11.6 Å². The first-order valence-electron chi connectivity index (χ1n) is 14.1. The van der Waals surface area contributed by atoms with Crippen molar-refractivity contribution in [3.63, 3.8) is 0 Å². The Labute approximate surface area is 237 Å². The van der Waals surface area contributed by atoms with Gasteiger partial charge >= 0.3 is 0 Å². The molecule has 0 amide bonds. The molecule has 2 N–H and O–H groups in total. The van der Waals surface area contributed by atoms with E-state index in [-0.39, 0.29) is 16.9 Å². The van der Waals surface area contributed by atoms with Gasteiger partial charge in [-0.15, -0.1) is 0 Å². The molecule has 6 rings (SSSR count). The molecule has 1 atom stereocenters. The second kappa shape index (κ2) is 11.4. The average Bonchev–Trinajstić information content (AvgIpc) is 3.21. The summed E-state index contributed by atoms with van der Waals surface area (Å²) in [6, 6.07) is 8.85. The molecule has 5 heterocycles. The number of ether oxygens (including phenoxy) is 1. The van der Waals surface area contributed by atoms with E-state index in [9.17, 15) is 13.6 Å². The number of aromatic nitrogens is 3. The van der Waals surface area contributed by atoms with Crippen LogP contribution in [-0.4, -0.2) is 45.7 Å². The Balaban J connectivity index is 1.38. The zero-order valence-corrected chi connectivity index (χ0v) is 23.2. The predicted molar refractivity (Wildman–Crippen MR) is 155 cm³/mol. The summed E-state index contributed by atoms with van der Waals surface area (Å²) in [5, 5.41) is 0.252. The van der Waals surface area contributed by atoms with Gasteiger partial charge in [0.15, 0.2) is 17.1 Å². The second-order valence-corrected chi connectivity index (χ2v) is 11.0. The Morgan fingerprint density at radius 2 is 1.98 bits per heavy atom. The molecule has 10 heteroatoms. The number of anilines is 2. The molecule has 0 aliphatic carbocycles. The van der Waals surface area contributed by atoms with Gasteiger partial charge in [-0.3, -0.25) is 9.69 Å². The quantitative estimate of drug-likeness (QED) is 0.352. The molecule has 0 spiro atoms. The van der Waals surface area contributed by atoms with Crippen molar-refractivity contribution in [1.29, 1.82) is 0 Å². The number of benzene rings is 1. The van der Waals surface area contributed by atoms with E-state index >= 15 is 0 Å².